The first kappa shape index (κ1) is 24.7. The summed E-state index contributed by atoms with van der Waals surface area (Å²) < 4.78 is 42.3. The number of nitrogens with zero attached hydrogens (tertiary/aromatic N) is 3. The van der Waals surface area contributed by atoms with Crippen molar-refractivity contribution < 1.29 is 12.8 Å². The van der Waals surface area contributed by atoms with Crippen LogP contribution in [-0.2, 0) is 10.0 Å². The molecular formula is C25H31FN4O2S2. The Hall–Kier alpha value is -2.46. The lowest BCUT2D eigenvalue weighted by atomic mass is 10.0. The average molecular weight is 503 g/mol. The van der Waals surface area contributed by atoms with E-state index in [9.17, 15) is 12.8 Å². The van der Waals surface area contributed by atoms with Gasteiger partial charge in [0.05, 0.1) is 0 Å². The zero-order valence-corrected chi connectivity index (χ0v) is 21.4. The van der Waals surface area contributed by atoms with Crippen LogP contribution in [0.3, 0.4) is 0 Å². The van der Waals surface area contributed by atoms with Crippen molar-refractivity contribution in [3.63, 3.8) is 0 Å². The van der Waals surface area contributed by atoms with Crippen LogP contribution in [0.15, 0.2) is 64.9 Å². The van der Waals surface area contributed by atoms with Gasteiger partial charge < -0.3 is 9.80 Å². The number of benzene rings is 2. The summed E-state index contributed by atoms with van der Waals surface area (Å²) in [5.74, 6) is -0.239. The van der Waals surface area contributed by atoms with Crippen LogP contribution in [0, 0.1) is 12.7 Å². The van der Waals surface area contributed by atoms with E-state index in [-0.39, 0.29) is 18.4 Å². The van der Waals surface area contributed by atoms with E-state index in [0.717, 1.165) is 48.0 Å². The highest BCUT2D eigenvalue weighted by Crippen LogP contribution is 2.27. The van der Waals surface area contributed by atoms with E-state index in [0.29, 0.717) is 4.21 Å². The molecule has 6 nitrogen and oxygen atoms in total. The van der Waals surface area contributed by atoms with Crippen molar-refractivity contribution in [1.29, 1.82) is 0 Å². The first-order valence-electron chi connectivity index (χ1n) is 11.3. The normalized spacial score (nSPS) is 15.9. The zero-order chi connectivity index (χ0) is 24.3. The SMILES string of the molecule is Cc1ccc(S(=O)(=O)NCC(c2ccc(N(C)C)cc2)N2CCN(c3ccc(F)cc3)CC2)s1. The summed E-state index contributed by atoms with van der Waals surface area (Å²) in [6, 6.07) is 18.3. The Labute approximate surface area is 205 Å². The number of hydrogen-bond acceptors (Lipinski definition) is 6. The van der Waals surface area contributed by atoms with Gasteiger partial charge in [0.2, 0.25) is 10.0 Å². The van der Waals surface area contributed by atoms with Gasteiger partial charge in [-0.1, -0.05) is 12.1 Å². The fraction of sp³-hybridized carbons (Fsp3) is 0.360. The van der Waals surface area contributed by atoms with Crippen LogP contribution in [-0.4, -0.2) is 60.1 Å². The molecule has 0 radical (unpaired) electrons. The number of thiophene rings is 1. The van der Waals surface area contributed by atoms with Gasteiger partial charge in [-0.3, -0.25) is 4.90 Å². The highest BCUT2D eigenvalue weighted by Gasteiger charge is 2.27. The molecule has 0 aliphatic carbocycles. The number of piperazine rings is 1. The number of sulfonamides is 1. The number of anilines is 2. The van der Waals surface area contributed by atoms with Gasteiger partial charge in [-0.15, -0.1) is 11.3 Å². The number of halogens is 1. The average Bonchev–Trinajstić information content (AvgIpc) is 3.28. The maximum atomic E-state index is 13.3. The van der Waals surface area contributed by atoms with Crippen molar-refractivity contribution in [2.24, 2.45) is 0 Å². The van der Waals surface area contributed by atoms with Gasteiger partial charge >= 0.3 is 0 Å². The standard InChI is InChI=1S/C25H31FN4O2S2/c1-19-4-13-25(33-19)34(31,32)27-18-24(20-5-9-22(10-6-20)28(2)3)30-16-14-29(15-17-30)23-11-7-21(26)8-12-23/h4-13,24,27H,14-18H2,1-3H3. The first-order chi connectivity index (χ1) is 16.2. The topological polar surface area (TPSA) is 55.9 Å². The molecule has 1 fully saturated rings. The second-order valence-corrected chi connectivity index (χ2v) is 12.0. The minimum absolute atomic E-state index is 0.0950. The molecule has 182 valence electrons. The molecule has 0 saturated carbocycles. The predicted octanol–water partition coefficient (Wildman–Crippen LogP) is 4.10. The molecule has 0 spiro atoms. The molecule has 0 amide bonds. The summed E-state index contributed by atoms with van der Waals surface area (Å²) in [4.78, 5) is 7.57. The van der Waals surface area contributed by atoms with E-state index in [4.69, 9.17) is 0 Å². The van der Waals surface area contributed by atoms with Crippen LogP contribution >= 0.6 is 11.3 Å². The van der Waals surface area contributed by atoms with Crippen molar-refractivity contribution in [3.05, 3.63) is 76.9 Å². The van der Waals surface area contributed by atoms with Crippen LogP contribution < -0.4 is 14.5 Å². The molecule has 1 unspecified atom stereocenters. The highest BCUT2D eigenvalue weighted by atomic mass is 32.2. The van der Waals surface area contributed by atoms with Gasteiger partial charge in [-0.25, -0.2) is 17.5 Å². The van der Waals surface area contributed by atoms with Gasteiger partial charge in [0.1, 0.15) is 10.0 Å². The maximum absolute atomic E-state index is 13.3. The zero-order valence-electron chi connectivity index (χ0n) is 19.7. The van der Waals surface area contributed by atoms with Crippen LogP contribution in [0.5, 0.6) is 0 Å². The van der Waals surface area contributed by atoms with Crippen molar-refractivity contribution >= 4 is 32.7 Å². The molecule has 9 heteroatoms. The van der Waals surface area contributed by atoms with E-state index < -0.39 is 10.0 Å². The minimum Gasteiger partial charge on any atom is -0.378 e. The smallest absolute Gasteiger partial charge is 0.250 e. The van der Waals surface area contributed by atoms with E-state index in [1.807, 2.05) is 32.0 Å². The van der Waals surface area contributed by atoms with Crippen molar-refractivity contribution in [2.75, 3.05) is 56.6 Å². The van der Waals surface area contributed by atoms with Gasteiger partial charge in [0.15, 0.2) is 0 Å². The molecule has 4 rings (SSSR count). The predicted molar refractivity (Wildman–Crippen MR) is 138 cm³/mol. The van der Waals surface area contributed by atoms with Crippen molar-refractivity contribution in [3.8, 4) is 0 Å². The molecule has 0 bridgehead atoms. The van der Waals surface area contributed by atoms with Gasteiger partial charge in [0, 0.05) is 69.1 Å². The number of aryl methyl sites for hydroxylation is 1. The molecule has 1 N–H and O–H groups in total. The Balaban J connectivity index is 1.51. The Morgan fingerprint density at radius 2 is 1.62 bits per heavy atom. The molecule has 2 heterocycles. The molecule has 1 aliphatic rings. The third-order valence-electron chi connectivity index (χ3n) is 6.19. The van der Waals surface area contributed by atoms with Gasteiger partial charge in [0.25, 0.3) is 0 Å². The summed E-state index contributed by atoms with van der Waals surface area (Å²) >= 11 is 1.28. The molecular weight excluding hydrogens is 471 g/mol. The lowest BCUT2D eigenvalue weighted by Gasteiger charge is -2.40. The van der Waals surface area contributed by atoms with Crippen molar-refractivity contribution in [1.82, 2.24) is 9.62 Å². The molecule has 1 aromatic heterocycles. The Bertz CT molecular complexity index is 1190. The fourth-order valence-electron chi connectivity index (χ4n) is 4.21. The monoisotopic (exact) mass is 502 g/mol. The fourth-order valence-corrected chi connectivity index (χ4v) is 6.58. The summed E-state index contributed by atoms with van der Waals surface area (Å²) in [5, 5.41) is 0. The summed E-state index contributed by atoms with van der Waals surface area (Å²) in [5.41, 5.74) is 3.17. The lowest BCUT2D eigenvalue weighted by Crippen LogP contribution is -2.49. The van der Waals surface area contributed by atoms with Crippen LogP contribution in [0.1, 0.15) is 16.5 Å². The summed E-state index contributed by atoms with van der Waals surface area (Å²) in [6.45, 7) is 5.31. The second kappa shape index (κ2) is 10.4. The van der Waals surface area contributed by atoms with Crippen LogP contribution in [0.4, 0.5) is 15.8 Å². The Morgan fingerprint density at radius 3 is 2.18 bits per heavy atom. The third-order valence-corrected chi connectivity index (χ3v) is 9.10. The van der Waals surface area contributed by atoms with Crippen LogP contribution in [0.25, 0.3) is 0 Å². The summed E-state index contributed by atoms with van der Waals surface area (Å²) in [7, 11) is 0.424. The second-order valence-electron chi connectivity index (χ2n) is 8.72. The van der Waals surface area contributed by atoms with E-state index >= 15 is 0 Å². The van der Waals surface area contributed by atoms with E-state index in [1.165, 1.54) is 23.5 Å². The molecule has 1 atom stereocenters. The maximum Gasteiger partial charge on any atom is 0.250 e. The third kappa shape index (κ3) is 5.78. The van der Waals surface area contributed by atoms with Crippen LogP contribution in [0.2, 0.25) is 0 Å². The quantitative estimate of drug-likeness (QED) is 0.503. The lowest BCUT2D eigenvalue weighted by molar-refractivity contribution is 0.187. The van der Waals surface area contributed by atoms with E-state index in [2.05, 4.69) is 38.8 Å². The molecule has 3 aromatic rings. The largest absolute Gasteiger partial charge is 0.378 e. The molecule has 34 heavy (non-hydrogen) atoms. The van der Waals surface area contributed by atoms with Gasteiger partial charge in [-0.05, 0) is 61.0 Å². The number of rotatable bonds is 8. The molecule has 2 aromatic carbocycles. The molecule has 1 saturated heterocycles. The molecule has 1 aliphatic heterocycles. The number of hydrogen-bond donors (Lipinski definition) is 1. The van der Waals surface area contributed by atoms with E-state index in [1.54, 1.807) is 18.2 Å². The summed E-state index contributed by atoms with van der Waals surface area (Å²) in [6.07, 6.45) is 0. The highest BCUT2D eigenvalue weighted by molar-refractivity contribution is 7.91. The number of nitrogens with one attached hydrogen (secondary N) is 1. The minimum atomic E-state index is -3.57. The Kier molecular flexibility index (Phi) is 7.57. The van der Waals surface area contributed by atoms with Gasteiger partial charge in [-0.2, -0.15) is 0 Å². The van der Waals surface area contributed by atoms with Crippen molar-refractivity contribution in [2.45, 2.75) is 17.2 Å². The first-order valence-corrected chi connectivity index (χ1v) is 13.6. The Morgan fingerprint density at radius 1 is 0.971 bits per heavy atom.